The molecule has 0 amide bonds. The van der Waals surface area contributed by atoms with Crippen molar-refractivity contribution in [3.8, 4) is 0 Å². The normalized spacial score (nSPS) is 36.5. The van der Waals surface area contributed by atoms with Crippen molar-refractivity contribution in [3.05, 3.63) is 11.6 Å². The Morgan fingerprint density at radius 2 is 2.23 bits per heavy atom. The lowest BCUT2D eigenvalue weighted by atomic mass is 9.96. The maximum absolute atomic E-state index is 5.07. The molecule has 2 heteroatoms. The van der Waals surface area contributed by atoms with Crippen LogP contribution in [0.1, 0.15) is 32.1 Å². The lowest BCUT2D eigenvalue weighted by molar-refractivity contribution is 0.233. The molecule has 2 bridgehead atoms. The van der Waals surface area contributed by atoms with E-state index in [4.69, 9.17) is 4.74 Å². The second-order valence-electron chi connectivity index (χ2n) is 4.20. The summed E-state index contributed by atoms with van der Waals surface area (Å²) in [6, 6.07) is 1.56. The second kappa shape index (κ2) is 4.25. The Hall–Kier alpha value is -0.340. The predicted molar refractivity (Wildman–Crippen MR) is 53.8 cm³/mol. The van der Waals surface area contributed by atoms with E-state index < -0.39 is 0 Å². The topological polar surface area (TPSA) is 21.3 Å². The van der Waals surface area contributed by atoms with Crippen molar-refractivity contribution in [1.82, 2.24) is 5.32 Å². The SMILES string of the molecule is COCC=C1CCC2CCC(C1)N2. The molecule has 0 radical (unpaired) electrons. The number of fused-ring (bicyclic) bond motifs is 2. The Morgan fingerprint density at radius 3 is 3.08 bits per heavy atom. The van der Waals surface area contributed by atoms with Crippen LogP contribution in [0.2, 0.25) is 0 Å². The lowest BCUT2D eigenvalue weighted by Gasteiger charge is -2.10. The molecule has 2 unspecified atom stereocenters. The third kappa shape index (κ3) is 2.32. The molecule has 2 nitrogen and oxygen atoms in total. The van der Waals surface area contributed by atoms with Gasteiger partial charge in [0.2, 0.25) is 0 Å². The highest BCUT2D eigenvalue weighted by atomic mass is 16.5. The van der Waals surface area contributed by atoms with Crippen molar-refractivity contribution in [1.29, 1.82) is 0 Å². The largest absolute Gasteiger partial charge is 0.381 e. The Balaban J connectivity index is 1.93. The lowest BCUT2D eigenvalue weighted by Crippen LogP contribution is -2.26. The van der Waals surface area contributed by atoms with Crippen LogP contribution in [0.25, 0.3) is 0 Å². The van der Waals surface area contributed by atoms with Crippen molar-refractivity contribution >= 4 is 0 Å². The number of hydrogen-bond acceptors (Lipinski definition) is 2. The zero-order chi connectivity index (χ0) is 9.10. The van der Waals surface area contributed by atoms with E-state index in [2.05, 4.69) is 11.4 Å². The molecule has 0 aliphatic carbocycles. The predicted octanol–water partition coefficient (Wildman–Crippen LogP) is 1.86. The maximum Gasteiger partial charge on any atom is 0.0646 e. The molecule has 0 aromatic rings. The molecule has 0 saturated carbocycles. The molecule has 0 spiro atoms. The molecule has 2 fully saturated rings. The summed E-state index contributed by atoms with van der Waals surface area (Å²) in [6.45, 7) is 0.784. The quantitative estimate of drug-likeness (QED) is 0.657. The molecular formula is C11H19NO. The first-order chi connectivity index (χ1) is 6.38. The summed E-state index contributed by atoms with van der Waals surface area (Å²) in [5, 5.41) is 3.68. The van der Waals surface area contributed by atoms with Gasteiger partial charge in [0.15, 0.2) is 0 Å². The van der Waals surface area contributed by atoms with E-state index in [0.29, 0.717) is 0 Å². The average molecular weight is 181 g/mol. The zero-order valence-electron chi connectivity index (χ0n) is 8.38. The van der Waals surface area contributed by atoms with Crippen molar-refractivity contribution in [2.24, 2.45) is 0 Å². The molecule has 1 N–H and O–H groups in total. The summed E-state index contributed by atoms with van der Waals surface area (Å²) in [7, 11) is 1.76. The van der Waals surface area contributed by atoms with Gasteiger partial charge in [0.1, 0.15) is 0 Å². The fourth-order valence-electron chi connectivity index (χ4n) is 2.46. The first-order valence-electron chi connectivity index (χ1n) is 5.31. The van der Waals surface area contributed by atoms with E-state index in [9.17, 15) is 0 Å². The first-order valence-corrected chi connectivity index (χ1v) is 5.31. The molecule has 0 aromatic heterocycles. The summed E-state index contributed by atoms with van der Waals surface area (Å²) >= 11 is 0. The van der Waals surface area contributed by atoms with E-state index in [1.807, 2.05) is 0 Å². The second-order valence-corrected chi connectivity index (χ2v) is 4.20. The Bertz CT molecular complexity index is 200. The van der Waals surface area contributed by atoms with Gasteiger partial charge in [-0.1, -0.05) is 11.6 Å². The molecule has 2 aliphatic heterocycles. The monoisotopic (exact) mass is 181 g/mol. The van der Waals surface area contributed by atoms with Gasteiger partial charge in [0.25, 0.3) is 0 Å². The van der Waals surface area contributed by atoms with Crippen LogP contribution in [0.15, 0.2) is 11.6 Å². The number of ether oxygens (including phenoxy) is 1. The third-order valence-corrected chi connectivity index (χ3v) is 3.20. The Morgan fingerprint density at radius 1 is 1.38 bits per heavy atom. The molecule has 2 rings (SSSR count). The maximum atomic E-state index is 5.07. The molecule has 13 heavy (non-hydrogen) atoms. The van der Waals surface area contributed by atoms with Crippen LogP contribution in [0.5, 0.6) is 0 Å². The summed E-state index contributed by atoms with van der Waals surface area (Å²) < 4.78 is 5.07. The van der Waals surface area contributed by atoms with Gasteiger partial charge in [-0.3, -0.25) is 0 Å². The van der Waals surface area contributed by atoms with Crippen molar-refractivity contribution in [3.63, 3.8) is 0 Å². The first kappa shape index (κ1) is 9.22. The van der Waals surface area contributed by atoms with E-state index in [1.165, 1.54) is 32.1 Å². The molecular weight excluding hydrogens is 162 g/mol. The van der Waals surface area contributed by atoms with Gasteiger partial charge >= 0.3 is 0 Å². The van der Waals surface area contributed by atoms with Crippen LogP contribution >= 0.6 is 0 Å². The summed E-state index contributed by atoms with van der Waals surface area (Å²) in [5.41, 5.74) is 1.60. The zero-order valence-corrected chi connectivity index (χ0v) is 8.38. The summed E-state index contributed by atoms with van der Waals surface area (Å²) in [6.07, 6.45) is 8.88. The molecule has 2 heterocycles. The minimum absolute atomic E-state index is 0.760. The van der Waals surface area contributed by atoms with Gasteiger partial charge in [-0.25, -0.2) is 0 Å². The van der Waals surface area contributed by atoms with Crippen LogP contribution in [0.4, 0.5) is 0 Å². The van der Waals surface area contributed by atoms with Crippen LogP contribution in [0.3, 0.4) is 0 Å². The van der Waals surface area contributed by atoms with Crippen LogP contribution in [0, 0.1) is 0 Å². The number of methoxy groups -OCH3 is 1. The van der Waals surface area contributed by atoms with Crippen molar-refractivity contribution < 1.29 is 4.74 Å². The Labute approximate surface area is 80.4 Å². The standard InChI is InChI=1S/C11H19NO/c1-13-7-6-9-2-3-10-4-5-11(8-9)12-10/h6,10-12H,2-5,7-8H2,1H3. The molecule has 0 aromatic carbocycles. The molecule has 74 valence electrons. The molecule has 2 saturated heterocycles. The molecule has 2 aliphatic rings. The fraction of sp³-hybridized carbons (Fsp3) is 0.818. The van der Waals surface area contributed by atoms with Gasteiger partial charge in [-0.05, 0) is 32.1 Å². The number of nitrogens with one attached hydrogen (secondary N) is 1. The average Bonchev–Trinajstić information content (AvgIpc) is 2.45. The minimum atomic E-state index is 0.760. The van der Waals surface area contributed by atoms with Crippen LogP contribution < -0.4 is 5.32 Å². The third-order valence-electron chi connectivity index (χ3n) is 3.20. The minimum Gasteiger partial charge on any atom is -0.381 e. The van der Waals surface area contributed by atoms with E-state index in [1.54, 1.807) is 12.7 Å². The van der Waals surface area contributed by atoms with Crippen molar-refractivity contribution in [2.45, 2.75) is 44.2 Å². The van der Waals surface area contributed by atoms with Gasteiger partial charge < -0.3 is 10.1 Å². The molecule has 2 atom stereocenters. The van der Waals surface area contributed by atoms with Gasteiger partial charge in [0, 0.05) is 19.2 Å². The van der Waals surface area contributed by atoms with Gasteiger partial charge in [-0.15, -0.1) is 0 Å². The number of hydrogen-bond donors (Lipinski definition) is 1. The van der Waals surface area contributed by atoms with E-state index in [-0.39, 0.29) is 0 Å². The van der Waals surface area contributed by atoms with Crippen LogP contribution in [-0.4, -0.2) is 25.8 Å². The smallest absolute Gasteiger partial charge is 0.0646 e. The fourth-order valence-corrected chi connectivity index (χ4v) is 2.46. The Kier molecular flexibility index (Phi) is 3.01. The highest BCUT2D eigenvalue weighted by molar-refractivity contribution is 5.09. The van der Waals surface area contributed by atoms with Gasteiger partial charge in [-0.2, -0.15) is 0 Å². The van der Waals surface area contributed by atoms with Crippen LogP contribution in [-0.2, 0) is 4.74 Å². The highest BCUT2D eigenvalue weighted by Gasteiger charge is 2.27. The number of rotatable bonds is 2. The summed E-state index contributed by atoms with van der Waals surface area (Å²) in [4.78, 5) is 0. The van der Waals surface area contributed by atoms with Crippen molar-refractivity contribution in [2.75, 3.05) is 13.7 Å². The van der Waals surface area contributed by atoms with Gasteiger partial charge in [0.05, 0.1) is 6.61 Å². The van der Waals surface area contributed by atoms with E-state index in [0.717, 1.165) is 18.7 Å². The van der Waals surface area contributed by atoms with E-state index >= 15 is 0 Å². The summed E-state index contributed by atoms with van der Waals surface area (Å²) in [5.74, 6) is 0. The highest BCUT2D eigenvalue weighted by Crippen LogP contribution is 2.28.